The average molecular weight is 560 g/mol. The quantitative estimate of drug-likeness (QED) is 0.214. The van der Waals surface area contributed by atoms with Gasteiger partial charge in [0.15, 0.2) is 5.58 Å². The summed E-state index contributed by atoms with van der Waals surface area (Å²) in [5.74, 6) is -0.266. The van der Waals surface area contributed by atoms with Crippen molar-refractivity contribution >= 4 is 92.1 Å². The van der Waals surface area contributed by atoms with E-state index in [2.05, 4.69) is 95.9 Å². The molecule has 0 aliphatic carbocycles. The van der Waals surface area contributed by atoms with Crippen molar-refractivity contribution < 1.29 is 8.81 Å². The van der Waals surface area contributed by atoms with Gasteiger partial charge in [-0.25, -0.2) is 4.39 Å². The Bertz CT molecular complexity index is 2490. The molecule has 0 aliphatic heterocycles. The maximum atomic E-state index is 14.2. The summed E-state index contributed by atoms with van der Waals surface area (Å²) in [5.41, 5.74) is 4.44. The molecule has 0 amide bonds. The van der Waals surface area contributed by atoms with E-state index in [4.69, 9.17) is 4.42 Å². The highest BCUT2D eigenvalue weighted by atomic mass is 32.1. The molecule has 7 aromatic carbocycles. The smallest absolute Gasteiger partial charge is 0.159 e. The number of furan rings is 1. The summed E-state index contributed by atoms with van der Waals surface area (Å²) in [5, 5.41) is 9.48. The molecule has 0 aliphatic rings. The number of thiophene rings is 1. The van der Waals surface area contributed by atoms with E-state index in [1.165, 1.54) is 48.5 Å². The molecular formula is C38H22FNOS. The van der Waals surface area contributed by atoms with Crippen LogP contribution >= 0.6 is 11.3 Å². The van der Waals surface area contributed by atoms with Gasteiger partial charge < -0.3 is 9.32 Å². The SMILES string of the molecule is Fc1ccc(N(c2cc3sc4c5ccccc5ccc4c3c3ccccc23)c2cccc3c2oc2ccccc23)cc1. The summed E-state index contributed by atoms with van der Waals surface area (Å²) >= 11 is 1.83. The number of hydrogen-bond acceptors (Lipinski definition) is 3. The fourth-order valence-corrected chi connectivity index (χ4v) is 7.73. The van der Waals surface area contributed by atoms with Crippen molar-refractivity contribution in [2.24, 2.45) is 0 Å². The molecule has 2 nitrogen and oxygen atoms in total. The van der Waals surface area contributed by atoms with Crippen LogP contribution in [0, 0.1) is 5.82 Å². The van der Waals surface area contributed by atoms with E-state index in [1.807, 2.05) is 41.7 Å². The number of benzene rings is 7. The third kappa shape index (κ3) is 3.36. The van der Waals surface area contributed by atoms with E-state index < -0.39 is 0 Å². The first kappa shape index (κ1) is 23.5. The largest absolute Gasteiger partial charge is 0.454 e. The number of halogens is 1. The van der Waals surface area contributed by atoms with Gasteiger partial charge in [0.05, 0.1) is 11.4 Å². The summed E-state index contributed by atoms with van der Waals surface area (Å²) in [4.78, 5) is 2.22. The van der Waals surface area contributed by atoms with E-state index >= 15 is 0 Å². The third-order valence-corrected chi connectivity index (χ3v) is 9.48. The average Bonchev–Trinajstić information content (AvgIpc) is 3.61. The standard InChI is InChI=1S/C38H22FNOS/c39-24-17-19-25(20-18-24)40(32-14-7-13-30-28-11-5-6-15-34(28)41-37(30)32)33-22-35-36(29-12-4-3-10-27(29)33)31-21-16-23-8-1-2-9-26(23)38(31)42-35/h1-22H. The van der Waals surface area contributed by atoms with Gasteiger partial charge in [0.1, 0.15) is 11.4 Å². The van der Waals surface area contributed by atoms with E-state index in [0.717, 1.165) is 44.4 Å². The zero-order chi connectivity index (χ0) is 27.8. The zero-order valence-corrected chi connectivity index (χ0v) is 23.2. The predicted molar refractivity (Wildman–Crippen MR) is 176 cm³/mol. The Balaban J connectivity index is 1.41. The molecule has 9 rings (SSSR count). The minimum atomic E-state index is -0.266. The van der Waals surface area contributed by atoms with Gasteiger partial charge in [-0.2, -0.15) is 0 Å². The first-order valence-corrected chi connectivity index (χ1v) is 14.8. The Kier molecular flexibility index (Phi) is 4.98. The second-order valence-electron chi connectivity index (χ2n) is 10.6. The molecule has 0 atom stereocenters. The van der Waals surface area contributed by atoms with Crippen molar-refractivity contribution in [3.63, 3.8) is 0 Å². The fourth-order valence-electron chi connectivity index (χ4n) is 6.44. The lowest BCUT2D eigenvalue weighted by Gasteiger charge is -2.27. The molecular weight excluding hydrogens is 537 g/mol. The maximum Gasteiger partial charge on any atom is 0.159 e. The molecule has 0 N–H and O–H groups in total. The van der Waals surface area contributed by atoms with Gasteiger partial charge in [0.25, 0.3) is 0 Å². The van der Waals surface area contributed by atoms with Crippen LogP contribution in [0.15, 0.2) is 138 Å². The minimum Gasteiger partial charge on any atom is -0.454 e. The first-order valence-electron chi connectivity index (χ1n) is 14.0. The van der Waals surface area contributed by atoms with Gasteiger partial charge in [-0.3, -0.25) is 0 Å². The van der Waals surface area contributed by atoms with Crippen molar-refractivity contribution in [1.82, 2.24) is 0 Å². The Morgan fingerprint density at radius 1 is 0.548 bits per heavy atom. The summed E-state index contributed by atoms with van der Waals surface area (Å²) < 4.78 is 23.2. The molecule has 9 aromatic rings. The lowest BCUT2D eigenvalue weighted by Crippen LogP contribution is -2.11. The molecule has 4 heteroatoms. The zero-order valence-electron chi connectivity index (χ0n) is 22.3. The van der Waals surface area contributed by atoms with Crippen LogP contribution in [0.5, 0.6) is 0 Å². The molecule has 0 fully saturated rings. The highest BCUT2D eigenvalue weighted by molar-refractivity contribution is 7.27. The molecule has 2 heterocycles. The fraction of sp³-hybridized carbons (Fsp3) is 0. The Morgan fingerprint density at radius 3 is 2.12 bits per heavy atom. The van der Waals surface area contributed by atoms with Crippen LogP contribution in [0.25, 0.3) is 63.7 Å². The lowest BCUT2D eigenvalue weighted by molar-refractivity contribution is 0.628. The van der Waals surface area contributed by atoms with Crippen LogP contribution in [0.3, 0.4) is 0 Å². The lowest BCUT2D eigenvalue weighted by atomic mass is 9.99. The number of rotatable bonds is 3. The van der Waals surface area contributed by atoms with Gasteiger partial charge in [0, 0.05) is 42.0 Å². The second kappa shape index (κ2) is 8.90. The van der Waals surface area contributed by atoms with E-state index in [1.54, 1.807) is 0 Å². The number of nitrogens with zero attached hydrogens (tertiary/aromatic N) is 1. The monoisotopic (exact) mass is 559 g/mol. The van der Waals surface area contributed by atoms with Crippen LogP contribution in [-0.4, -0.2) is 0 Å². The second-order valence-corrected chi connectivity index (χ2v) is 11.7. The summed E-state index contributed by atoms with van der Waals surface area (Å²) in [6.45, 7) is 0. The summed E-state index contributed by atoms with van der Waals surface area (Å²) in [7, 11) is 0. The molecule has 42 heavy (non-hydrogen) atoms. The molecule has 0 spiro atoms. The van der Waals surface area contributed by atoms with Crippen molar-refractivity contribution in [1.29, 1.82) is 0 Å². The molecule has 0 saturated heterocycles. The minimum absolute atomic E-state index is 0.266. The Hall–Kier alpha value is -5.19. The van der Waals surface area contributed by atoms with Gasteiger partial charge in [-0.1, -0.05) is 91.0 Å². The summed E-state index contributed by atoms with van der Waals surface area (Å²) in [6.07, 6.45) is 0. The van der Waals surface area contributed by atoms with Crippen molar-refractivity contribution in [2.45, 2.75) is 0 Å². The van der Waals surface area contributed by atoms with Gasteiger partial charge in [-0.15, -0.1) is 11.3 Å². The molecule has 2 aromatic heterocycles. The van der Waals surface area contributed by atoms with Crippen molar-refractivity contribution in [3.05, 3.63) is 139 Å². The van der Waals surface area contributed by atoms with E-state index in [-0.39, 0.29) is 5.82 Å². The highest BCUT2D eigenvalue weighted by Crippen LogP contribution is 2.49. The van der Waals surface area contributed by atoms with Crippen molar-refractivity contribution in [2.75, 3.05) is 4.90 Å². The number of hydrogen-bond donors (Lipinski definition) is 0. The predicted octanol–water partition coefficient (Wildman–Crippen LogP) is 11.9. The number of para-hydroxylation sites is 2. The molecule has 198 valence electrons. The molecule has 0 unspecified atom stereocenters. The van der Waals surface area contributed by atoms with Gasteiger partial charge in [0.2, 0.25) is 0 Å². The van der Waals surface area contributed by atoms with Crippen LogP contribution in [0.4, 0.5) is 21.5 Å². The van der Waals surface area contributed by atoms with E-state index in [9.17, 15) is 4.39 Å². The number of anilines is 3. The first-order chi connectivity index (χ1) is 20.7. The summed E-state index contributed by atoms with van der Waals surface area (Å²) in [6, 6.07) is 45.1. The van der Waals surface area contributed by atoms with Crippen LogP contribution in [0.1, 0.15) is 0 Å². The van der Waals surface area contributed by atoms with Crippen molar-refractivity contribution in [3.8, 4) is 0 Å². The van der Waals surface area contributed by atoms with Crippen LogP contribution < -0.4 is 4.90 Å². The van der Waals surface area contributed by atoms with Gasteiger partial charge in [-0.05, 0) is 58.6 Å². The van der Waals surface area contributed by atoms with E-state index in [0.29, 0.717) is 0 Å². The van der Waals surface area contributed by atoms with Crippen LogP contribution in [-0.2, 0) is 0 Å². The van der Waals surface area contributed by atoms with Crippen LogP contribution in [0.2, 0.25) is 0 Å². The maximum absolute atomic E-state index is 14.2. The topological polar surface area (TPSA) is 16.4 Å². The highest BCUT2D eigenvalue weighted by Gasteiger charge is 2.23. The molecule has 0 radical (unpaired) electrons. The Labute approximate surface area is 244 Å². The molecule has 0 saturated carbocycles. The normalized spacial score (nSPS) is 11.9. The molecule has 0 bridgehead atoms. The third-order valence-electron chi connectivity index (χ3n) is 8.30. The van der Waals surface area contributed by atoms with Gasteiger partial charge >= 0.3 is 0 Å². The number of fused-ring (bicyclic) bond motifs is 10. The Morgan fingerprint density at radius 2 is 1.26 bits per heavy atom.